The molecule has 0 bridgehead atoms. The van der Waals surface area contributed by atoms with Crippen LogP contribution in [0, 0.1) is 0 Å². The first-order chi connectivity index (χ1) is 11.6. The standard InChI is InChI=1S/C22H29NO/c1-3-4-5-12-17-21(24)23-22(2,20-15-10-7-11-16-20)18-19-13-8-6-9-14-19/h6-11,13-16H,3-5,12,17-18H2,1-2H3,(H,23,24). The summed E-state index contributed by atoms with van der Waals surface area (Å²) in [5.74, 6) is 0.147. The van der Waals surface area contributed by atoms with E-state index in [1.807, 2.05) is 36.4 Å². The third-order valence-electron chi connectivity index (χ3n) is 4.48. The third kappa shape index (κ3) is 5.52. The van der Waals surface area contributed by atoms with Crippen molar-refractivity contribution in [2.75, 3.05) is 0 Å². The van der Waals surface area contributed by atoms with E-state index in [-0.39, 0.29) is 11.4 Å². The Bertz CT molecular complexity index is 608. The smallest absolute Gasteiger partial charge is 0.220 e. The summed E-state index contributed by atoms with van der Waals surface area (Å²) in [6, 6.07) is 20.6. The van der Waals surface area contributed by atoms with Crippen LogP contribution < -0.4 is 5.32 Å². The molecule has 0 saturated carbocycles. The van der Waals surface area contributed by atoms with Crippen molar-refractivity contribution in [3.05, 3.63) is 71.8 Å². The number of carbonyl (C=O) groups excluding carboxylic acids is 1. The van der Waals surface area contributed by atoms with Crippen LogP contribution in [0.25, 0.3) is 0 Å². The van der Waals surface area contributed by atoms with Crippen LogP contribution in [0.1, 0.15) is 57.1 Å². The van der Waals surface area contributed by atoms with Crippen molar-refractivity contribution in [3.8, 4) is 0 Å². The van der Waals surface area contributed by atoms with Gasteiger partial charge in [-0.3, -0.25) is 4.79 Å². The number of amides is 1. The van der Waals surface area contributed by atoms with Crippen LogP contribution in [0.5, 0.6) is 0 Å². The van der Waals surface area contributed by atoms with E-state index < -0.39 is 0 Å². The molecule has 24 heavy (non-hydrogen) atoms. The second-order valence-corrected chi connectivity index (χ2v) is 6.72. The highest BCUT2D eigenvalue weighted by molar-refractivity contribution is 5.77. The van der Waals surface area contributed by atoms with E-state index in [0.717, 1.165) is 24.8 Å². The normalized spacial score (nSPS) is 13.2. The van der Waals surface area contributed by atoms with Crippen molar-refractivity contribution in [2.45, 2.75) is 57.9 Å². The fourth-order valence-corrected chi connectivity index (χ4v) is 3.11. The summed E-state index contributed by atoms with van der Waals surface area (Å²) in [5.41, 5.74) is 2.00. The van der Waals surface area contributed by atoms with Crippen molar-refractivity contribution in [3.63, 3.8) is 0 Å². The molecular weight excluding hydrogens is 294 g/mol. The Morgan fingerprint density at radius 1 is 0.917 bits per heavy atom. The molecule has 0 aliphatic carbocycles. The van der Waals surface area contributed by atoms with Crippen molar-refractivity contribution in [1.82, 2.24) is 5.32 Å². The molecule has 2 aromatic carbocycles. The van der Waals surface area contributed by atoms with Crippen LogP contribution in [0.15, 0.2) is 60.7 Å². The molecule has 0 aliphatic heterocycles. The maximum Gasteiger partial charge on any atom is 0.220 e. The molecule has 1 N–H and O–H groups in total. The molecule has 0 heterocycles. The van der Waals surface area contributed by atoms with E-state index in [4.69, 9.17) is 0 Å². The zero-order chi connectivity index (χ0) is 17.3. The van der Waals surface area contributed by atoms with Crippen LogP contribution in [-0.4, -0.2) is 5.91 Å². The molecule has 1 amide bonds. The molecule has 0 saturated heterocycles. The quantitative estimate of drug-likeness (QED) is 0.629. The molecule has 0 fully saturated rings. The van der Waals surface area contributed by atoms with E-state index >= 15 is 0 Å². The topological polar surface area (TPSA) is 29.1 Å². The van der Waals surface area contributed by atoms with Crippen molar-refractivity contribution >= 4 is 5.91 Å². The van der Waals surface area contributed by atoms with Crippen LogP contribution in [-0.2, 0) is 16.8 Å². The summed E-state index contributed by atoms with van der Waals surface area (Å²) in [4.78, 5) is 12.5. The van der Waals surface area contributed by atoms with Crippen molar-refractivity contribution < 1.29 is 4.79 Å². The van der Waals surface area contributed by atoms with Gasteiger partial charge in [-0.25, -0.2) is 0 Å². The van der Waals surface area contributed by atoms with Gasteiger partial charge < -0.3 is 5.32 Å². The molecular formula is C22H29NO. The van der Waals surface area contributed by atoms with Crippen molar-refractivity contribution in [2.24, 2.45) is 0 Å². The van der Waals surface area contributed by atoms with Gasteiger partial charge in [0.15, 0.2) is 0 Å². The Labute approximate surface area is 146 Å². The summed E-state index contributed by atoms with van der Waals surface area (Å²) >= 11 is 0. The van der Waals surface area contributed by atoms with Gasteiger partial charge in [0.2, 0.25) is 5.91 Å². The molecule has 0 radical (unpaired) electrons. The minimum atomic E-state index is -0.384. The highest BCUT2D eigenvalue weighted by atomic mass is 16.1. The lowest BCUT2D eigenvalue weighted by atomic mass is 9.85. The summed E-state index contributed by atoms with van der Waals surface area (Å²) in [6.07, 6.45) is 5.89. The Balaban J connectivity index is 2.10. The van der Waals surface area contributed by atoms with E-state index in [1.165, 1.54) is 18.4 Å². The summed E-state index contributed by atoms with van der Waals surface area (Å²) < 4.78 is 0. The van der Waals surface area contributed by atoms with Crippen LogP contribution in [0.3, 0.4) is 0 Å². The number of hydrogen-bond donors (Lipinski definition) is 1. The van der Waals surface area contributed by atoms with E-state index in [1.54, 1.807) is 0 Å². The number of nitrogens with one attached hydrogen (secondary N) is 1. The molecule has 2 aromatic rings. The zero-order valence-electron chi connectivity index (χ0n) is 14.9. The molecule has 2 rings (SSSR count). The third-order valence-corrected chi connectivity index (χ3v) is 4.48. The average molecular weight is 323 g/mol. The molecule has 0 spiro atoms. The van der Waals surface area contributed by atoms with Gasteiger partial charge in [0.05, 0.1) is 5.54 Å². The predicted octanol–water partition coefficient (Wildman–Crippen LogP) is 5.23. The fourth-order valence-electron chi connectivity index (χ4n) is 3.11. The van der Waals surface area contributed by atoms with Gasteiger partial charge in [0.25, 0.3) is 0 Å². The summed E-state index contributed by atoms with van der Waals surface area (Å²) in [6.45, 7) is 4.31. The first-order valence-electron chi connectivity index (χ1n) is 9.04. The second kappa shape index (κ2) is 9.27. The monoisotopic (exact) mass is 323 g/mol. The number of unbranched alkanes of at least 4 members (excludes halogenated alkanes) is 3. The van der Waals surface area contributed by atoms with Gasteiger partial charge in [0.1, 0.15) is 0 Å². The Kier molecular flexibility index (Phi) is 7.05. The molecule has 0 aromatic heterocycles. The Morgan fingerprint density at radius 3 is 2.17 bits per heavy atom. The van der Waals surface area contributed by atoms with Gasteiger partial charge in [0, 0.05) is 6.42 Å². The molecule has 128 valence electrons. The maximum atomic E-state index is 12.5. The predicted molar refractivity (Wildman–Crippen MR) is 101 cm³/mol. The zero-order valence-corrected chi connectivity index (χ0v) is 14.9. The Morgan fingerprint density at radius 2 is 1.54 bits per heavy atom. The summed E-state index contributed by atoms with van der Waals surface area (Å²) in [7, 11) is 0. The van der Waals surface area contributed by atoms with Gasteiger partial charge in [-0.2, -0.15) is 0 Å². The van der Waals surface area contributed by atoms with Crippen LogP contribution >= 0.6 is 0 Å². The molecule has 1 atom stereocenters. The van der Waals surface area contributed by atoms with Crippen LogP contribution in [0.4, 0.5) is 0 Å². The first-order valence-corrected chi connectivity index (χ1v) is 9.04. The van der Waals surface area contributed by atoms with Gasteiger partial charge in [-0.15, -0.1) is 0 Å². The lowest BCUT2D eigenvalue weighted by Crippen LogP contribution is -2.45. The van der Waals surface area contributed by atoms with Gasteiger partial charge in [-0.05, 0) is 30.9 Å². The number of hydrogen-bond acceptors (Lipinski definition) is 1. The highest BCUT2D eigenvalue weighted by Crippen LogP contribution is 2.26. The minimum Gasteiger partial charge on any atom is -0.347 e. The molecule has 0 aliphatic rings. The largest absolute Gasteiger partial charge is 0.347 e. The highest BCUT2D eigenvalue weighted by Gasteiger charge is 2.28. The molecule has 2 nitrogen and oxygen atoms in total. The fraction of sp³-hybridized carbons (Fsp3) is 0.409. The molecule has 1 unspecified atom stereocenters. The first kappa shape index (κ1) is 18.3. The summed E-state index contributed by atoms with van der Waals surface area (Å²) in [5, 5.41) is 3.30. The van der Waals surface area contributed by atoms with E-state index in [0.29, 0.717) is 6.42 Å². The van der Waals surface area contributed by atoms with Crippen LogP contribution in [0.2, 0.25) is 0 Å². The SMILES string of the molecule is CCCCCCC(=O)NC(C)(Cc1ccccc1)c1ccccc1. The maximum absolute atomic E-state index is 12.5. The van der Waals surface area contributed by atoms with E-state index in [2.05, 4.69) is 43.4 Å². The molecule has 2 heteroatoms. The second-order valence-electron chi connectivity index (χ2n) is 6.72. The average Bonchev–Trinajstić information content (AvgIpc) is 2.60. The lowest BCUT2D eigenvalue weighted by molar-refractivity contribution is -0.123. The van der Waals surface area contributed by atoms with Crippen molar-refractivity contribution in [1.29, 1.82) is 0 Å². The number of carbonyl (C=O) groups is 1. The van der Waals surface area contributed by atoms with Gasteiger partial charge >= 0.3 is 0 Å². The lowest BCUT2D eigenvalue weighted by Gasteiger charge is -2.32. The van der Waals surface area contributed by atoms with E-state index in [9.17, 15) is 4.79 Å². The number of benzene rings is 2. The minimum absolute atomic E-state index is 0.147. The Hall–Kier alpha value is -2.09. The number of rotatable bonds is 9. The van der Waals surface area contributed by atoms with Gasteiger partial charge in [-0.1, -0.05) is 86.8 Å².